The zero-order valence-electron chi connectivity index (χ0n) is 16.1. The first-order valence-electron chi connectivity index (χ1n) is 9.01. The average Bonchev–Trinajstić information content (AvgIpc) is 2.68. The van der Waals surface area contributed by atoms with Gasteiger partial charge in [-0.05, 0) is 17.0 Å². The summed E-state index contributed by atoms with van der Waals surface area (Å²) in [5.74, 6) is -0.850. The van der Waals surface area contributed by atoms with E-state index in [0.717, 1.165) is 5.56 Å². The number of aromatic nitrogens is 2. The maximum atomic E-state index is 12.3. The van der Waals surface area contributed by atoms with Crippen LogP contribution in [-0.4, -0.2) is 28.6 Å². The molecule has 6 heteroatoms. The van der Waals surface area contributed by atoms with Gasteiger partial charge in [0.1, 0.15) is 0 Å². The van der Waals surface area contributed by atoms with E-state index in [-0.39, 0.29) is 29.8 Å². The number of hydrogen-bond donors (Lipinski definition) is 1. The topological polar surface area (TPSA) is 89.1 Å². The van der Waals surface area contributed by atoms with E-state index in [4.69, 9.17) is 4.74 Å². The van der Waals surface area contributed by atoms with Gasteiger partial charge in [0.25, 0.3) is 5.56 Å². The van der Waals surface area contributed by atoms with E-state index in [0.29, 0.717) is 22.0 Å². The van der Waals surface area contributed by atoms with Gasteiger partial charge in [-0.15, -0.1) is 0 Å². The number of nitrogens with one attached hydrogen (secondary N) is 1. The quantitative estimate of drug-likeness (QED) is 0.544. The number of ketones is 1. The van der Waals surface area contributed by atoms with Crippen LogP contribution in [-0.2, 0) is 21.4 Å². The average molecular weight is 378 g/mol. The van der Waals surface area contributed by atoms with Crippen LogP contribution in [0.3, 0.4) is 0 Å². The molecule has 6 nitrogen and oxygen atoms in total. The Morgan fingerprint density at radius 3 is 2.29 bits per heavy atom. The molecule has 0 aliphatic rings. The molecule has 0 atom stereocenters. The lowest BCUT2D eigenvalue weighted by molar-refractivity contribution is -0.141. The van der Waals surface area contributed by atoms with Crippen molar-refractivity contribution in [2.75, 3.05) is 6.61 Å². The number of rotatable bonds is 5. The fraction of sp³-hybridized carbons (Fsp3) is 0.273. The van der Waals surface area contributed by atoms with Gasteiger partial charge in [0.2, 0.25) is 0 Å². The molecule has 0 aliphatic heterocycles. The van der Waals surface area contributed by atoms with Gasteiger partial charge in [0.05, 0.1) is 17.5 Å². The summed E-state index contributed by atoms with van der Waals surface area (Å²) in [6, 6.07) is 14.2. The molecule has 0 unspecified atom stereocenters. The smallest absolute Gasteiger partial charge is 0.312 e. The molecule has 0 aliphatic carbocycles. The first-order valence-corrected chi connectivity index (χ1v) is 9.01. The van der Waals surface area contributed by atoms with Crippen LogP contribution >= 0.6 is 0 Å². The summed E-state index contributed by atoms with van der Waals surface area (Å²) in [5.41, 5.74) is 1.70. The van der Waals surface area contributed by atoms with Gasteiger partial charge in [-0.3, -0.25) is 14.4 Å². The van der Waals surface area contributed by atoms with Crippen LogP contribution < -0.4 is 5.56 Å². The molecule has 1 aromatic heterocycles. The number of ether oxygens (including phenoxy) is 1. The molecule has 0 bridgehead atoms. The highest BCUT2D eigenvalue weighted by Gasteiger charge is 2.16. The first kappa shape index (κ1) is 19.5. The van der Waals surface area contributed by atoms with Crippen molar-refractivity contribution >= 4 is 22.5 Å². The molecule has 28 heavy (non-hydrogen) atoms. The Labute approximate surface area is 162 Å². The fourth-order valence-electron chi connectivity index (χ4n) is 2.88. The molecule has 3 aromatic rings. The highest BCUT2D eigenvalue weighted by molar-refractivity contribution is 5.98. The zero-order chi connectivity index (χ0) is 20.3. The molecule has 0 amide bonds. The molecule has 1 N–H and O–H groups in total. The Bertz CT molecular complexity index is 1080. The summed E-state index contributed by atoms with van der Waals surface area (Å²) < 4.78 is 5.12. The number of fused-ring (bicyclic) bond motifs is 1. The van der Waals surface area contributed by atoms with Crippen molar-refractivity contribution in [3.8, 4) is 0 Å². The van der Waals surface area contributed by atoms with E-state index in [1.165, 1.54) is 0 Å². The summed E-state index contributed by atoms with van der Waals surface area (Å²) in [5, 5.41) is 7.36. The number of nitrogens with zero attached hydrogens (tertiary/aromatic N) is 1. The lowest BCUT2D eigenvalue weighted by Gasteiger charge is -2.18. The molecular formula is C22H22N2O4. The van der Waals surface area contributed by atoms with Gasteiger partial charge < -0.3 is 4.74 Å². The maximum absolute atomic E-state index is 12.3. The van der Waals surface area contributed by atoms with Crippen LogP contribution in [0.15, 0.2) is 53.3 Å². The van der Waals surface area contributed by atoms with Crippen LogP contribution in [0.4, 0.5) is 0 Å². The number of benzene rings is 2. The molecule has 3 rings (SSSR count). The molecule has 2 aromatic carbocycles. The number of aromatic amines is 1. The summed E-state index contributed by atoms with van der Waals surface area (Å²) >= 11 is 0. The normalized spacial score (nSPS) is 11.4. The minimum absolute atomic E-state index is 0.000469. The maximum Gasteiger partial charge on any atom is 0.312 e. The zero-order valence-corrected chi connectivity index (χ0v) is 16.1. The van der Waals surface area contributed by atoms with E-state index in [1.807, 2.05) is 12.1 Å². The Balaban J connectivity index is 1.64. The van der Waals surface area contributed by atoms with Crippen molar-refractivity contribution in [1.29, 1.82) is 0 Å². The number of carbonyl (C=O) groups is 2. The largest absolute Gasteiger partial charge is 0.457 e. The summed E-state index contributed by atoms with van der Waals surface area (Å²) in [4.78, 5) is 36.2. The molecule has 0 radical (unpaired) electrons. The summed E-state index contributed by atoms with van der Waals surface area (Å²) in [6.07, 6.45) is -0.131. The van der Waals surface area contributed by atoms with Gasteiger partial charge in [-0.2, -0.15) is 5.10 Å². The van der Waals surface area contributed by atoms with Crippen LogP contribution in [0.1, 0.15) is 42.4 Å². The lowest BCUT2D eigenvalue weighted by atomic mass is 9.86. The third kappa shape index (κ3) is 4.34. The SMILES string of the molecule is CC(C)(C)c1ccc(C(=O)COC(=O)Cc2n[nH]c(=O)c3ccccc23)cc1. The fourth-order valence-corrected chi connectivity index (χ4v) is 2.88. The van der Waals surface area contributed by atoms with Crippen molar-refractivity contribution in [3.05, 3.63) is 75.7 Å². The van der Waals surface area contributed by atoms with Crippen molar-refractivity contribution in [2.24, 2.45) is 0 Å². The minimum atomic E-state index is -0.579. The molecule has 144 valence electrons. The van der Waals surface area contributed by atoms with E-state index < -0.39 is 5.97 Å². The second-order valence-corrected chi connectivity index (χ2v) is 7.63. The van der Waals surface area contributed by atoms with Crippen LogP contribution in [0, 0.1) is 0 Å². The van der Waals surface area contributed by atoms with E-state index in [9.17, 15) is 14.4 Å². The van der Waals surface area contributed by atoms with Crippen LogP contribution in [0.5, 0.6) is 0 Å². The van der Waals surface area contributed by atoms with Gasteiger partial charge in [0, 0.05) is 10.9 Å². The second kappa shape index (κ2) is 7.76. The highest BCUT2D eigenvalue weighted by Crippen LogP contribution is 2.22. The molecule has 0 saturated heterocycles. The summed E-state index contributed by atoms with van der Waals surface area (Å²) in [7, 11) is 0. The van der Waals surface area contributed by atoms with E-state index >= 15 is 0 Å². The van der Waals surface area contributed by atoms with Gasteiger partial charge >= 0.3 is 5.97 Å². The molecular weight excluding hydrogens is 356 g/mol. The monoisotopic (exact) mass is 378 g/mol. The Hall–Kier alpha value is -3.28. The molecule has 1 heterocycles. The van der Waals surface area contributed by atoms with Gasteiger partial charge in [-0.1, -0.05) is 63.2 Å². The predicted octanol–water partition coefficient (Wildman–Crippen LogP) is 3.19. The van der Waals surface area contributed by atoms with Crippen LogP contribution in [0.2, 0.25) is 0 Å². The van der Waals surface area contributed by atoms with E-state index in [2.05, 4.69) is 31.0 Å². The van der Waals surface area contributed by atoms with Crippen molar-refractivity contribution in [1.82, 2.24) is 10.2 Å². The Kier molecular flexibility index (Phi) is 5.40. The lowest BCUT2D eigenvalue weighted by Crippen LogP contribution is -2.18. The first-order chi connectivity index (χ1) is 13.3. The second-order valence-electron chi connectivity index (χ2n) is 7.63. The van der Waals surface area contributed by atoms with Crippen molar-refractivity contribution in [3.63, 3.8) is 0 Å². The Morgan fingerprint density at radius 1 is 1.00 bits per heavy atom. The summed E-state index contributed by atoms with van der Waals surface area (Å²) in [6.45, 7) is 5.95. The van der Waals surface area contributed by atoms with Gasteiger partial charge in [-0.25, -0.2) is 5.10 Å². The third-order valence-corrected chi connectivity index (χ3v) is 4.52. The number of hydrogen-bond acceptors (Lipinski definition) is 5. The van der Waals surface area contributed by atoms with Crippen molar-refractivity contribution in [2.45, 2.75) is 32.6 Å². The number of H-pyrrole nitrogens is 1. The predicted molar refractivity (Wildman–Crippen MR) is 106 cm³/mol. The molecule has 0 saturated carbocycles. The Morgan fingerprint density at radius 2 is 1.64 bits per heavy atom. The third-order valence-electron chi connectivity index (χ3n) is 4.52. The van der Waals surface area contributed by atoms with Crippen molar-refractivity contribution < 1.29 is 14.3 Å². The molecule has 0 fully saturated rings. The number of Topliss-reactive ketones (excluding diaryl/α,β-unsaturated/α-hetero) is 1. The van der Waals surface area contributed by atoms with E-state index in [1.54, 1.807) is 36.4 Å². The highest BCUT2D eigenvalue weighted by atomic mass is 16.5. The number of carbonyl (C=O) groups excluding carboxylic acids is 2. The molecule has 0 spiro atoms. The number of esters is 1. The van der Waals surface area contributed by atoms with Gasteiger partial charge in [0.15, 0.2) is 12.4 Å². The standard InChI is InChI=1S/C22H22N2O4/c1-22(2,3)15-10-8-14(9-11-15)19(25)13-28-20(26)12-18-16-6-4-5-7-17(16)21(27)24-23-18/h4-11H,12-13H2,1-3H3,(H,24,27). The minimum Gasteiger partial charge on any atom is -0.457 e. The van der Waals surface area contributed by atoms with Crippen LogP contribution in [0.25, 0.3) is 10.8 Å².